The summed E-state index contributed by atoms with van der Waals surface area (Å²) in [6.07, 6.45) is 2.99. The molecule has 0 heterocycles. The zero-order valence-corrected chi connectivity index (χ0v) is 12.8. The Balaban J connectivity index is 1.96. The van der Waals surface area contributed by atoms with Crippen LogP contribution in [0.25, 0.3) is 0 Å². The first-order valence-corrected chi connectivity index (χ1v) is 7.57. The molecule has 1 aromatic rings. The molecule has 1 aliphatic carbocycles. The summed E-state index contributed by atoms with van der Waals surface area (Å²) in [4.78, 5) is 23.2. The number of carboxylic acid groups (broad SMARTS) is 1. The number of benzene rings is 1. The molecule has 1 saturated carbocycles. The molecule has 0 bridgehead atoms. The van der Waals surface area contributed by atoms with Crippen molar-refractivity contribution in [1.29, 1.82) is 0 Å². The van der Waals surface area contributed by atoms with E-state index < -0.39 is 11.5 Å². The first kappa shape index (κ1) is 15.8. The van der Waals surface area contributed by atoms with Crippen LogP contribution in [0.3, 0.4) is 0 Å². The van der Waals surface area contributed by atoms with Crippen LogP contribution in [0, 0.1) is 5.92 Å². The number of nitrogens with one attached hydrogen (secondary N) is 1. The first-order chi connectivity index (χ1) is 9.92. The van der Waals surface area contributed by atoms with Crippen LogP contribution in [0.5, 0.6) is 0 Å². The Morgan fingerprint density at radius 2 is 2.05 bits per heavy atom. The van der Waals surface area contributed by atoms with Gasteiger partial charge in [0.15, 0.2) is 0 Å². The molecule has 1 atom stereocenters. The number of carbonyl (C=O) groups is 2. The number of carbonyl (C=O) groups excluding carboxylic acids is 1. The minimum atomic E-state index is -0.867. The van der Waals surface area contributed by atoms with E-state index in [1.807, 2.05) is 25.1 Å². The van der Waals surface area contributed by atoms with E-state index in [1.165, 1.54) is 0 Å². The van der Waals surface area contributed by atoms with Gasteiger partial charge in [-0.3, -0.25) is 9.59 Å². The Morgan fingerprint density at radius 3 is 2.57 bits per heavy atom. The molecule has 2 rings (SSSR count). The molecule has 0 spiro atoms. The van der Waals surface area contributed by atoms with Crippen molar-refractivity contribution in [2.24, 2.45) is 5.92 Å². The second kappa shape index (κ2) is 6.48. The predicted molar refractivity (Wildman–Crippen MR) is 81.3 cm³/mol. The van der Waals surface area contributed by atoms with Gasteiger partial charge in [-0.25, -0.2) is 0 Å². The fourth-order valence-electron chi connectivity index (χ4n) is 2.71. The molecule has 2 N–H and O–H groups in total. The fraction of sp³-hybridized carbons (Fsp3) is 0.500. The minimum absolute atomic E-state index is 0.00243. The summed E-state index contributed by atoms with van der Waals surface area (Å²) in [6.45, 7) is 1.84. The third-order valence-corrected chi connectivity index (χ3v) is 4.49. The molecular formula is C16H20ClNO3. The van der Waals surface area contributed by atoms with E-state index in [-0.39, 0.29) is 18.2 Å². The molecular weight excluding hydrogens is 290 g/mol. The summed E-state index contributed by atoms with van der Waals surface area (Å²) in [5, 5.41) is 12.6. The zero-order valence-electron chi connectivity index (χ0n) is 12.1. The molecule has 1 aromatic carbocycles. The Kier molecular flexibility index (Phi) is 4.88. The maximum atomic E-state index is 12.3. The lowest BCUT2D eigenvalue weighted by Gasteiger charge is -2.42. The lowest BCUT2D eigenvalue weighted by molar-refractivity contribution is -0.140. The van der Waals surface area contributed by atoms with Crippen molar-refractivity contribution in [3.05, 3.63) is 34.9 Å². The van der Waals surface area contributed by atoms with Gasteiger partial charge in [-0.1, -0.05) is 36.7 Å². The van der Waals surface area contributed by atoms with E-state index in [1.54, 1.807) is 6.07 Å². The largest absolute Gasteiger partial charge is 0.481 e. The molecule has 4 nitrogen and oxygen atoms in total. The minimum Gasteiger partial charge on any atom is -0.481 e. The fourth-order valence-corrected chi connectivity index (χ4v) is 2.92. The molecule has 0 saturated heterocycles. The van der Waals surface area contributed by atoms with Crippen molar-refractivity contribution in [3.8, 4) is 0 Å². The Hall–Kier alpha value is -1.55. The first-order valence-electron chi connectivity index (χ1n) is 7.19. The number of amides is 1. The van der Waals surface area contributed by atoms with Crippen LogP contribution in [-0.4, -0.2) is 22.5 Å². The van der Waals surface area contributed by atoms with E-state index in [9.17, 15) is 9.59 Å². The standard InChI is InChI=1S/C16H20ClNO3/c1-11(9-12-5-2-3-6-13(12)17)15(21)18-16(7-4-8-16)10-14(19)20/h2-3,5-6,11H,4,7-10H2,1H3,(H,18,21)(H,19,20). The van der Waals surface area contributed by atoms with E-state index in [4.69, 9.17) is 16.7 Å². The molecule has 0 aromatic heterocycles. The van der Waals surface area contributed by atoms with Gasteiger partial charge in [0.2, 0.25) is 5.91 Å². The van der Waals surface area contributed by atoms with Gasteiger partial charge < -0.3 is 10.4 Å². The normalized spacial score (nSPS) is 17.6. The topological polar surface area (TPSA) is 66.4 Å². The Morgan fingerprint density at radius 1 is 1.38 bits per heavy atom. The van der Waals surface area contributed by atoms with Crippen molar-refractivity contribution in [1.82, 2.24) is 5.32 Å². The second-order valence-corrected chi connectivity index (χ2v) is 6.30. The predicted octanol–water partition coefficient (Wildman–Crippen LogP) is 3.03. The summed E-state index contributed by atoms with van der Waals surface area (Å²) >= 11 is 6.10. The lowest BCUT2D eigenvalue weighted by Crippen LogP contribution is -2.56. The highest BCUT2D eigenvalue weighted by Crippen LogP contribution is 2.35. The maximum Gasteiger partial charge on any atom is 0.305 e. The number of carboxylic acids is 1. The lowest BCUT2D eigenvalue weighted by atomic mass is 9.74. The smallest absolute Gasteiger partial charge is 0.305 e. The van der Waals surface area contributed by atoms with Crippen molar-refractivity contribution in [2.75, 3.05) is 0 Å². The van der Waals surface area contributed by atoms with Gasteiger partial charge in [0, 0.05) is 10.9 Å². The third kappa shape index (κ3) is 3.97. The molecule has 5 heteroatoms. The zero-order chi connectivity index (χ0) is 15.5. The van der Waals surface area contributed by atoms with E-state index >= 15 is 0 Å². The van der Waals surface area contributed by atoms with E-state index in [2.05, 4.69) is 5.32 Å². The highest BCUT2D eigenvalue weighted by atomic mass is 35.5. The van der Waals surface area contributed by atoms with Crippen LogP contribution in [-0.2, 0) is 16.0 Å². The Labute approximate surface area is 129 Å². The molecule has 1 unspecified atom stereocenters. The number of hydrogen-bond donors (Lipinski definition) is 2. The van der Waals surface area contributed by atoms with Crippen molar-refractivity contribution < 1.29 is 14.7 Å². The number of halogens is 1. The van der Waals surface area contributed by atoms with Gasteiger partial charge in [-0.15, -0.1) is 0 Å². The van der Waals surface area contributed by atoms with Crippen molar-refractivity contribution in [3.63, 3.8) is 0 Å². The Bertz CT molecular complexity index is 540. The van der Waals surface area contributed by atoms with Crippen LogP contribution in [0.1, 0.15) is 38.2 Å². The highest BCUT2D eigenvalue weighted by Gasteiger charge is 2.40. The summed E-state index contributed by atoms with van der Waals surface area (Å²) in [5.74, 6) is -1.21. The van der Waals surface area contributed by atoms with Crippen LogP contribution in [0.2, 0.25) is 5.02 Å². The van der Waals surface area contributed by atoms with Crippen LogP contribution in [0.15, 0.2) is 24.3 Å². The van der Waals surface area contributed by atoms with Crippen LogP contribution in [0.4, 0.5) is 0 Å². The number of rotatable bonds is 6. The molecule has 0 aliphatic heterocycles. The summed E-state index contributed by atoms with van der Waals surface area (Å²) in [5.41, 5.74) is 0.389. The summed E-state index contributed by atoms with van der Waals surface area (Å²) < 4.78 is 0. The van der Waals surface area contributed by atoms with E-state index in [0.717, 1.165) is 24.8 Å². The second-order valence-electron chi connectivity index (χ2n) is 5.89. The molecule has 114 valence electrons. The van der Waals surface area contributed by atoms with Gasteiger partial charge in [0.25, 0.3) is 0 Å². The van der Waals surface area contributed by atoms with Gasteiger partial charge in [-0.05, 0) is 37.3 Å². The van der Waals surface area contributed by atoms with Crippen molar-refractivity contribution >= 4 is 23.5 Å². The number of hydrogen-bond acceptors (Lipinski definition) is 2. The average Bonchev–Trinajstić information content (AvgIpc) is 2.38. The average molecular weight is 310 g/mol. The van der Waals surface area contributed by atoms with E-state index in [0.29, 0.717) is 11.4 Å². The van der Waals surface area contributed by atoms with Crippen LogP contribution >= 0.6 is 11.6 Å². The molecule has 1 amide bonds. The molecule has 1 fully saturated rings. The summed E-state index contributed by atoms with van der Waals surface area (Å²) in [7, 11) is 0. The summed E-state index contributed by atoms with van der Waals surface area (Å²) in [6, 6.07) is 7.46. The van der Waals surface area contributed by atoms with Gasteiger partial charge in [-0.2, -0.15) is 0 Å². The van der Waals surface area contributed by atoms with Gasteiger partial charge in [0.1, 0.15) is 0 Å². The number of aliphatic carboxylic acids is 1. The maximum absolute atomic E-state index is 12.3. The SMILES string of the molecule is CC(Cc1ccccc1Cl)C(=O)NC1(CC(=O)O)CCC1. The highest BCUT2D eigenvalue weighted by molar-refractivity contribution is 6.31. The van der Waals surface area contributed by atoms with Crippen LogP contribution < -0.4 is 5.32 Å². The third-order valence-electron chi connectivity index (χ3n) is 4.12. The monoisotopic (exact) mass is 309 g/mol. The van der Waals surface area contributed by atoms with Gasteiger partial charge in [0.05, 0.1) is 12.0 Å². The molecule has 21 heavy (non-hydrogen) atoms. The molecule has 0 radical (unpaired) electrons. The quantitative estimate of drug-likeness (QED) is 0.849. The van der Waals surface area contributed by atoms with Gasteiger partial charge >= 0.3 is 5.97 Å². The molecule has 1 aliphatic rings. The van der Waals surface area contributed by atoms with Crippen molar-refractivity contribution in [2.45, 2.75) is 44.6 Å².